The number of rotatable bonds is 0. The van der Waals surface area contributed by atoms with Crippen LogP contribution in [0.3, 0.4) is 0 Å². The summed E-state index contributed by atoms with van der Waals surface area (Å²) in [4.78, 5) is 3.87. The molecule has 0 amide bonds. The number of nitrogens with zero attached hydrogens (tertiary/aromatic N) is 1. The number of hydrogen-bond acceptors (Lipinski definition) is 1. The first kappa shape index (κ1) is 9.83. The number of pyridine rings is 1. The number of hydrogen-bond donors (Lipinski definition) is 0. The largest absolute Gasteiger partial charge is 0.220 e. The second kappa shape index (κ2) is 3.46. The van der Waals surface area contributed by atoms with Crippen LogP contribution in [0.2, 0.25) is 0 Å². The Bertz CT molecular complexity index is 508. The van der Waals surface area contributed by atoms with E-state index in [1.54, 1.807) is 6.07 Å². The molecule has 0 N–H and O–H groups in total. The van der Waals surface area contributed by atoms with Crippen molar-refractivity contribution >= 4 is 33.5 Å². The fourth-order valence-corrected chi connectivity index (χ4v) is 2.32. The Balaban J connectivity index is 2.91. The molecule has 0 bridgehead atoms. The van der Waals surface area contributed by atoms with Gasteiger partial charge in [-0.1, -0.05) is 0 Å². The molecule has 72 valence electrons. The average molecular weight is 301 g/mol. The van der Waals surface area contributed by atoms with Crippen LogP contribution in [0.25, 0.3) is 10.9 Å². The van der Waals surface area contributed by atoms with Gasteiger partial charge in [-0.2, -0.15) is 4.39 Å². The Morgan fingerprint density at radius 2 is 2.00 bits per heavy atom. The van der Waals surface area contributed by atoms with Crippen molar-refractivity contribution < 1.29 is 4.39 Å². The molecule has 0 aliphatic carbocycles. The van der Waals surface area contributed by atoms with Gasteiger partial charge in [0, 0.05) is 8.96 Å². The summed E-state index contributed by atoms with van der Waals surface area (Å²) < 4.78 is 14.0. The van der Waals surface area contributed by atoms with E-state index in [1.807, 2.05) is 13.0 Å². The molecule has 0 unspecified atom stereocenters. The molecule has 3 heteroatoms. The summed E-state index contributed by atoms with van der Waals surface area (Å²) in [6, 6.07) is 5.11. The summed E-state index contributed by atoms with van der Waals surface area (Å²) in [5.74, 6) is -0.420. The van der Waals surface area contributed by atoms with Crippen LogP contribution in [0.5, 0.6) is 0 Å². The zero-order valence-electron chi connectivity index (χ0n) is 7.94. The topological polar surface area (TPSA) is 12.9 Å². The van der Waals surface area contributed by atoms with Gasteiger partial charge >= 0.3 is 0 Å². The van der Waals surface area contributed by atoms with Crippen LogP contribution in [0.1, 0.15) is 11.1 Å². The molecule has 2 rings (SSSR count). The van der Waals surface area contributed by atoms with Crippen molar-refractivity contribution in [2.24, 2.45) is 0 Å². The van der Waals surface area contributed by atoms with E-state index in [0.717, 1.165) is 20.0 Å². The third kappa shape index (κ3) is 1.49. The Morgan fingerprint density at radius 3 is 2.71 bits per heavy atom. The molecule has 0 aliphatic rings. The molecule has 1 heterocycles. The predicted molar refractivity (Wildman–Crippen MR) is 63.9 cm³/mol. The average Bonchev–Trinajstić information content (AvgIpc) is 2.14. The number of aromatic nitrogens is 1. The Hall–Kier alpha value is -0.710. The van der Waals surface area contributed by atoms with Gasteiger partial charge in [0.15, 0.2) is 0 Å². The molecular weight excluding hydrogens is 292 g/mol. The van der Waals surface area contributed by atoms with Crippen LogP contribution >= 0.6 is 22.6 Å². The van der Waals surface area contributed by atoms with Gasteiger partial charge in [0.25, 0.3) is 0 Å². The molecule has 0 fully saturated rings. The molecule has 1 aromatic carbocycles. The Labute approximate surface area is 95.5 Å². The fourth-order valence-electron chi connectivity index (χ4n) is 1.43. The van der Waals surface area contributed by atoms with Gasteiger partial charge < -0.3 is 0 Å². The van der Waals surface area contributed by atoms with Crippen molar-refractivity contribution in [1.82, 2.24) is 4.98 Å². The van der Waals surface area contributed by atoms with E-state index in [2.05, 4.69) is 34.5 Å². The van der Waals surface area contributed by atoms with Gasteiger partial charge in [-0.05, 0) is 65.8 Å². The zero-order chi connectivity index (χ0) is 10.3. The lowest BCUT2D eigenvalue weighted by Crippen LogP contribution is -1.92. The van der Waals surface area contributed by atoms with Gasteiger partial charge in [-0.3, -0.25) is 0 Å². The van der Waals surface area contributed by atoms with E-state index >= 15 is 0 Å². The standard InChI is InChI=1S/C11H9FIN/c1-6-5-9-8(11(13)7(6)2)3-4-10(12)14-9/h3-5H,1-2H3. The molecule has 1 aromatic heterocycles. The maximum absolute atomic E-state index is 12.9. The SMILES string of the molecule is Cc1cc2nc(F)ccc2c(I)c1C. The van der Waals surface area contributed by atoms with E-state index < -0.39 is 5.95 Å². The third-order valence-corrected chi connectivity index (χ3v) is 3.79. The minimum absolute atomic E-state index is 0.420. The van der Waals surface area contributed by atoms with E-state index in [9.17, 15) is 4.39 Å². The first-order valence-electron chi connectivity index (χ1n) is 4.31. The molecule has 0 aliphatic heterocycles. The van der Waals surface area contributed by atoms with Gasteiger partial charge in [-0.15, -0.1) is 0 Å². The molecule has 1 nitrogen and oxygen atoms in total. The van der Waals surface area contributed by atoms with E-state index in [4.69, 9.17) is 0 Å². The van der Waals surface area contributed by atoms with Crippen LogP contribution in [0.4, 0.5) is 4.39 Å². The van der Waals surface area contributed by atoms with Crippen molar-refractivity contribution in [3.8, 4) is 0 Å². The van der Waals surface area contributed by atoms with Crippen molar-refractivity contribution in [2.75, 3.05) is 0 Å². The van der Waals surface area contributed by atoms with Crippen molar-refractivity contribution in [3.63, 3.8) is 0 Å². The van der Waals surface area contributed by atoms with Crippen molar-refractivity contribution in [1.29, 1.82) is 0 Å². The first-order chi connectivity index (χ1) is 6.59. The second-order valence-electron chi connectivity index (χ2n) is 3.33. The maximum atomic E-state index is 12.9. The summed E-state index contributed by atoms with van der Waals surface area (Å²) in [5, 5.41) is 1.02. The quantitative estimate of drug-likeness (QED) is 0.535. The summed E-state index contributed by atoms with van der Waals surface area (Å²) >= 11 is 2.28. The highest BCUT2D eigenvalue weighted by Gasteiger charge is 2.06. The highest BCUT2D eigenvalue weighted by Crippen LogP contribution is 2.25. The lowest BCUT2D eigenvalue weighted by atomic mass is 10.1. The van der Waals surface area contributed by atoms with Crippen LogP contribution in [0, 0.1) is 23.4 Å². The number of benzene rings is 1. The zero-order valence-corrected chi connectivity index (χ0v) is 10.1. The maximum Gasteiger partial charge on any atom is 0.213 e. The molecule has 14 heavy (non-hydrogen) atoms. The number of fused-ring (bicyclic) bond motifs is 1. The van der Waals surface area contributed by atoms with Crippen molar-refractivity contribution in [2.45, 2.75) is 13.8 Å². The summed E-state index contributed by atoms with van der Waals surface area (Å²) in [6.45, 7) is 4.09. The fraction of sp³-hybridized carbons (Fsp3) is 0.182. The lowest BCUT2D eigenvalue weighted by Gasteiger charge is -2.06. The first-order valence-corrected chi connectivity index (χ1v) is 5.39. The monoisotopic (exact) mass is 301 g/mol. The van der Waals surface area contributed by atoms with Crippen LogP contribution in [-0.2, 0) is 0 Å². The Morgan fingerprint density at radius 1 is 1.29 bits per heavy atom. The van der Waals surface area contributed by atoms with Crippen molar-refractivity contribution in [3.05, 3.63) is 38.8 Å². The predicted octanol–water partition coefficient (Wildman–Crippen LogP) is 3.60. The number of halogens is 2. The minimum atomic E-state index is -0.420. The third-order valence-electron chi connectivity index (χ3n) is 2.40. The molecule has 0 saturated carbocycles. The van der Waals surface area contributed by atoms with Gasteiger partial charge in [0.2, 0.25) is 5.95 Å². The summed E-state index contributed by atoms with van der Waals surface area (Å²) in [7, 11) is 0. The summed E-state index contributed by atoms with van der Waals surface area (Å²) in [5.41, 5.74) is 3.13. The molecular formula is C11H9FIN. The normalized spacial score (nSPS) is 10.9. The number of aryl methyl sites for hydroxylation is 1. The van der Waals surface area contributed by atoms with Gasteiger partial charge in [0.05, 0.1) is 5.52 Å². The smallest absolute Gasteiger partial charge is 0.213 e. The molecule has 0 atom stereocenters. The molecule has 0 radical (unpaired) electrons. The van der Waals surface area contributed by atoms with Gasteiger partial charge in [0.1, 0.15) is 0 Å². The Kier molecular flexibility index (Phi) is 2.43. The van der Waals surface area contributed by atoms with Crippen LogP contribution in [0.15, 0.2) is 18.2 Å². The van der Waals surface area contributed by atoms with E-state index in [-0.39, 0.29) is 0 Å². The highest BCUT2D eigenvalue weighted by molar-refractivity contribution is 14.1. The van der Waals surface area contributed by atoms with Gasteiger partial charge in [-0.25, -0.2) is 4.98 Å². The van der Waals surface area contributed by atoms with E-state index in [0.29, 0.717) is 0 Å². The van der Waals surface area contributed by atoms with E-state index in [1.165, 1.54) is 11.6 Å². The van der Waals surface area contributed by atoms with Crippen LogP contribution in [-0.4, -0.2) is 4.98 Å². The molecule has 0 saturated heterocycles. The van der Waals surface area contributed by atoms with Crippen LogP contribution < -0.4 is 0 Å². The highest BCUT2D eigenvalue weighted by atomic mass is 127. The second-order valence-corrected chi connectivity index (χ2v) is 4.41. The molecule has 0 spiro atoms. The lowest BCUT2D eigenvalue weighted by molar-refractivity contribution is 0.589. The molecule has 2 aromatic rings. The minimum Gasteiger partial charge on any atom is -0.220 e. The summed E-state index contributed by atoms with van der Waals surface area (Å²) in [6.07, 6.45) is 0.